The normalized spacial score (nSPS) is 24.0. The number of nitrogens with two attached hydrogens (primary N) is 1. The Hall–Kier alpha value is -0.940. The minimum atomic E-state index is -0.172. The predicted octanol–water partition coefficient (Wildman–Crippen LogP) is 1.20. The number of aromatic nitrogens is 2. The zero-order chi connectivity index (χ0) is 10.7. The van der Waals surface area contributed by atoms with Crippen LogP contribution in [0.25, 0.3) is 0 Å². The molecule has 1 aliphatic heterocycles. The summed E-state index contributed by atoms with van der Waals surface area (Å²) in [4.78, 5) is 4.22. The van der Waals surface area contributed by atoms with Crippen LogP contribution < -0.4 is 5.73 Å². The lowest BCUT2D eigenvalue weighted by molar-refractivity contribution is 0.0124. The summed E-state index contributed by atoms with van der Waals surface area (Å²) in [7, 11) is 0. The lowest BCUT2D eigenvalue weighted by atomic mass is 10.1. The Labute approximate surface area is 89.0 Å². The second-order valence-electron chi connectivity index (χ2n) is 4.03. The summed E-state index contributed by atoms with van der Waals surface area (Å²) < 4.78 is 10.7. The quantitative estimate of drug-likeness (QED) is 0.813. The van der Waals surface area contributed by atoms with Crippen LogP contribution in [0.4, 0.5) is 0 Å². The number of nitrogens with zero attached hydrogens (tertiary/aromatic N) is 2. The fourth-order valence-corrected chi connectivity index (χ4v) is 1.70. The molecule has 15 heavy (non-hydrogen) atoms. The molecule has 0 bridgehead atoms. The summed E-state index contributed by atoms with van der Waals surface area (Å²) in [6.45, 7) is 2.69. The third-order valence-corrected chi connectivity index (χ3v) is 2.57. The van der Waals surface area contributed by atoms with Gasteiger partial charge in [-0.2, -0.15) is 4.98 Å². The molecule has 5 heteroatoms. The Balaban J connectivity index is 1.91. The average molecular weight is 211 g/mol. The van der Waals surface area contributed by atoms with Crippen molar-refractivity contribution < 1.29 is 9.26 Å². The van der Waals surface area contributed by atoms with Gasteiger partial charge in [0.1, 0.15) is 0 Å². The van der Waals surface area contributed by atoms with Gasteiger partial charge in [0.25, 0.3) is 0 Å². The summed E-state index contributed by atoms with van der Waals surface area (Å²) in [5.74, 6) is 1.20. The number of hydrogen-bond donors (Lipinski definition) is 1. The molecule has 0 aliphatic carbocycles. The molecule has 2 heterocycles. The van der Waals surface area contributed by atoms with E-state index in [-0.39, 0.29) is 12.1 Å². The van der Waals surface area contributed by atoms with E-state index in [0.717, 1.165) is 19.4 Å². The van der Waals surface area contributed by atoms with Crippen molar-refractivity contribution in [2.75, 3.05) is 6.61 Å². The van der Waals surface area contributed by atoms with Crippen LogP contribution in [0.1, 0.15) is 43.9 Å². The van der Waals surface area contributed by atoms with Crippen molar-refractivity contribution in [2.45, 2.75) is 44.8 Å². The molecule has 5 nitrogen and oxygen atoms in total. The largest absolute Gasteiger partial charge is 0.378 e. The molecule has 1 aliphatic rings. The van der Waals surface area contributed by atoms with Gasteiger partial charge in [0.05, 0.1) is 18.6 Å². The molecule has 0 spiro atoms. The summed E-state index contributed by atoms with van der Waals surface area (Å²) in [6.07, 6.45) is 4.40. The van der Waals surface area contributed by atoms with Crippen LogP contribution in [0.5, 0.6) is 0 Å². The first-order chi connectivity index (χ1) is 7.25. The van der Waals surface area contributed by atoms with Crippen LogP contribution in [-0.4, -0.2) is 22.9 Å². The third-order valence-electron chi connectivity index (χ3n) is 2.57. The van der Waals surface area contributed by atoms with Crippen LogP contribution in [0.3, 0.4) is 0 Å². The maximum absolute atomic E-state index is 5.64. The van der Waals surface area contributed by atoms with Gasteiger partial charge in [-0.1, -0.05) is 5.16 Å². The molecule has 84 valence electrons. The summed E-state index contributed by atoms with van der Waals surface area (Å²) in [5.41, 5.74) is 5.64. The van der Waals surface area contributed by atoms with Gasteiger partial charge in [0, 0.05) is 6.61 Å². The van der Waals surface area contributed by atoms with E-state index in [1.165, 1.54) is 6.42 Å². The fraction of sp³-hybridized carbons (Fsp3) is 0.800. The van der Waals surface area contributed by atoms with Gasteiger partial charge in [-0.05, 0) is 26.2 Å². The molecular weight excluding hydrogens is 194 g/mol. The highest BCUT2D eigenvalue weighted by Gasteiger charge is 2.18. The molecule has 0 saturated carbocycles. The summed E-state index contributed by atoms with van der Waals surface area (Å²) in [6, 6.07) is -0.172. The molecule has 1 aromatic heterocycles. The fourth-order valence-electron chi connectivity index (χ4n) is 1.70. The van der Waals surface area contributed by atoms with Crippen molar-refractivity contribution in [2.24, 2.45) is 5.73 Å². The van der Waals surface area contributed by atoms with E-state index < -0.39 is 0 Å². The first-order valence-electron chi connectivity index (χ1n) is 5.45. The van der Waals surface area contributed by atoms with E-state index in [1.54, 1.807) is 0 Å². The molecule has 1 saturated heterocycles. The highest BCUT2D eigenvalue weighted by atomic mass is 16.5. The molecule has 2 rings (SSSR count). The van der Waals surface area contributed by atoms with Crippen LogP contribution in [0.2, 0.25) is 0 Å². The Morgan fingerprint density at radius 3 is 3.00 bits per heavy atom. The number of ether oxygens (including phenoxy) is 1. The van der Waals surface area contributed by atoms with Crippen molar-refractivity contribution in [1.82, 2.24) is 10.1 Å². The van der Waals surface area contributed by atoms with E-state index in [1.807, 2.05) is 6.92 Å². The van der Waals surface area contributed by atoms with E-state index in [9.17, 15) is 0 Å². The van der Waals surface area contributed by atoms with Crippen LogP contribution in [0.15, 0.2) is 4.52 Å². The minimum absolute atomic E-state index is 0.172. The van der Waals surface area contributed by atoms with E-state index in [0.29, 0.717) is 18.1 Å². The van der Waals surface area contributed by atoms with Crippen molar-refractivity contribution in [1.29, 1.82) is 0 Å². The van der Waals surface area contributed by atoms with Crippen molar-refractivity contribution in [3.63, 3.8) is 0 Å². The topological polar surface area (TPSA) is 74.2 Å². The molecule has 0 aromatic carbocycles. The second-order valence-corrected chi connectivity index (χ2v) is 4.03. The lowest BCUT2D eigenvalue weighted by Gasteiger charge is -2.20. The smallest absolute Gasteiger partial charge is 0.229 e. The first kappa shape index (κ1) is 10.6. The lowest BCUT2D eigenvalue weighted by Crippen LogP contribution is -2.21. The highest BCUT2D eigenvalue weighted by molar-refractivity contribution is 4.92. The predicted molar refractivity (Wildman–Crippen MR) is 54.2 cm³/mol. The average Bonchev–Trinajstić information content (AvgIpc) is 2.68. The van der Waals surface area contributed by atoms with Gasteiger partial charge in [0.2, 0.25) is 5.89 Å². The van der Waals surface area contributed by atoms with E-state index in [4.69, 9.17) is 15.0 Å². The van der Waals surface area contributed by atoms with Gasteiger partial charge < -0.3 is 15.0 Å². The SMILES string of the molecule is CC(N)c1noc(CC2CCCCO2)n1. The molecule has 2 unspecified atom stereocenters. The van der Waals surface area contributed by atoms with Gasteiger partial charge in [-0.15, -0.1) is 0 Å². The molecule has 0 radical (unpaired) electrons. The highest BCUT2D eigenvalue weighted by Crippen LogP contribution is 2.17. The Kier molecular flexibility index (Phi) is 3.33. The van der Waals surface area contributed by atoms with Gasteiger partial charge in [0.15, 0.2) is 5.82 Å². The van der Waals surface area contributed by atoms with Crippen LogP contribution in [-0.2, 0) is 11.2 Å². The Morgan fingerprint density at radius 1 is 1.53 bits per heavy atom. The molecule has 1 fully saturated rings. The van der Waals surface area contributed by atoms with Crippen LogP contribution >= 0.6 is 0 Å². The van der Waals surface area contributed by atoms with Gasteiger partial charge >= 0.3 is 0 Å². The maximum atomic E-state index is 5.64. The Bertz CT molecular complexity index is 305. The molecule has 2 atom stereocenters. The van der Waals surface area contributed by atoms with Crippen molar-refractivity contribution in [3.05, 3.63) is 11.7 Å². The minimum Gasteiger partial charge on any atom is -0.378 e. The zero-order valence-electron chi connectivity index (χ0n) is 8.98. The van der Waals surface area contributed by atoms with Crippen molar-refractivity contribution >= 4 is 0 Å². The second kappa shape index (κ2) is 4.72. The molecular formula is C10H17N3O2. The van der Waals surface area contributed by atoms with Gasteiger partial charge in [-0.3, -0.25) is 0 Å². The van der Waals surface area contributed by atoms with Crippen LogP contribution in [0, 0.1) is 0 Å². The first-order valence-corrected chi connectivity index (χ1v) is 5.45. The number of hydrogen-bond acceptors (Lipinski definition) is 5. The van der Waals surface area contributed by atoms with E-state index >= 15 is 0 Å². The molecule has 2 N–H and O–H groups in total. The number of rotatable bonds is 3. The van der Waals surface area contributed by atoms with Crippen molar-refractivity contribution in [3.8, 4) is 0 Å². The summed E-state index contributed by atoms with van der Waals surface area (Å²) >= 11 is 0. The zero-order valence-corrected chi connectivity index (χ0v) is 8.98. The molecule has 0 amide bonds. The summed E-state index contributed by atoms with van der Waals surface area (Å²) in [5, 5.41) is 3.81. The maximum Gasteiger partial charge on any atom is 0.229 e. The van der Waals surface area contributed by atoms with Gasteiger partial charge in [-0.25, -0.2) is 0 Å². The monoisotopic (exact) mass is 211 g/mol. The van der Waals surface area contributed by atoms with E-state index in [2.05, 4.69) is 10.1 Å². The Morgan fingerprint density at radius 2 is 2.40 bits per heavy atom. The standard InChI is InChI=1S/C10H17N3O2/c1-7(11)10-12-9(15-13-10)6-8-4-2-3-5-14-8/h7-8H,2-6,11H2,1H3. The molecule has 1 aromatic rings. The third kappa shape index (κ3) is 2.76.